The van der Waals surface area contributed by atoms with E-state index in [4.69, 9.17) is 4.74 Å². The molecule has 6 heteroatoms. The van der Waals surface area contributed by atoms with E-state index in [0.29, 0.717) is 16.9 Å². The predicted octanol–water partition coefficient (Wildman–Crippen LogP) is 4.02. The van der Waals surface area contributed by atoms with Crippen molar-refractivity contribution < 1.29 is 19.4 Å². The zero-order chi connectivity index (χ0) is 22.0. The summed E-state index contributed by atoms with van der Waals surface area (Å²) in [6.45, 7) is 2.15. The number of rotatable bonds is 5. The lowest BCUT2D eigenvalue weighted by atomic mass is 9.95. The number of amides is 1. The Kier molecular flexibility index (Phi) is 5.54. The van der Waals surface area contributed by atoms with E-state index in [9.17, 15) is 14.7 Å². The normalized spacial score (nSPS) is 17.7. The summed E-state index contributed by atoms with van der Waals surface area (Å²) in [4.78, 5) is 31.6. The lowest BCUT2D eigenvalue weighted by Crippen LogP contribution is -2.29. The van der Waals surface area contributed by atoms with Crippen LogP contribution in [0.2, 0.25) is 0 Å². The second-order valence-electron chi connectivity index (χ2n) is 7.42. The number of benzene rings is 2. The van der Waals surface area contributed by atoms with E-state index in [2.05, 4.69) is 4.98 Å². The number of carbonyl (C=O) groups is 2. The summed E-state index contributed by atoms with van der Waals surface area (Å²) in [7, 11) is 1.59. The molecule has 6 nitrogen and oxygen atoms in total. The van der Waals surface area contributed by atoms with Crippen LogP contribution >= 0.6 is 0 Å². The first-order chi connectivity index (χ1) is 15.0. The number of methoxy groups -OCH3 is 1. The number of pyridine rings is 1. The lowest BCUT2D eigenvalue weighted by Gasteiger charge is -2.25. The SMILES string of the molecule is COc1ccc(CN2C(=O)C(=O)/C(=C(\O)c3ccc(C)cc3)C2c2ccncc2)cc1. The predicted molar refractivity (Wildman–Crippen MR) is 116 cm³/mol. The van der Waals surface area contributed by atoms with Gasteiger partial charge in [-0.3, -0.25) is 14.6 Å². The number of Topliss-reactive ketones (excluding diaryl/α,β-unsaturated/α-hetero) is 1. The zero-order valence-electron chi connectivity index (χ0n) is 17.3. The number of aliphatic hydroxyl groups is 1. The maximum absolute atomic E-state index is 13.0. The Morgan fingerprint density at radius 1 is 1.00 bits per heavy atom. The molecule has 0 aliphatic carbocycles. The number of ether oxygens (including phenoxy) is 1. The van der Waals surface area contributed by atoms with Crippen molar-refractivity contribution in [2.75, 3.05) is 7.11 Å². The van der Waals surface area contributed by atoms with Gasteiger partial charge in [-0.15, -0.1) is 0 Å². The highest BCUT2D eigenvalue weighted by atomic mass is 16.5. The molecule has 0 spiro atoms. The van der Waals surface area contributed by atoms with Crippen LogP contribution in [0.5, 0.6) is 5.75 Å². The summed E-state index contributed by atoms with van der Waals surface area (Å²) in [6, 6.07) is 17.3. The molecular weight excluding hydrogens is 392 g/mol. The van der Waals surface area contributed by atoms with Gasteiger partial charge in [0, 0.05) is 24.5 Å². The molecule has 0 saturated carbocycles. The largest absolute Gasteiger partial charge is 0.507 e. The Labute approximate surface area is 180 Å². The van der Waals surface area contributed by atoms with Crippen molar-refractivity contribution in [3.05, 3.63) is 101 Å². The van der Waals surface area contributed by atoms with Crippen LogP contribution in [-0.4, -0.2) is 33.8 Å². The molecule has 3 aromatic rings. The minimum atomic E-state index is -0.716. The van der Waals surface area contributed by atoms with Crippen molar-refractivity contribution in [1.29, 1.82) is 0 Å². The molecule has 2 aromatic carbocycles. The molecule has 1 atom stereocenters. The van der Waals surface area contributed by atoms with Crippen LogP contribution in [0.3, 0.4) is 0 Å². The molecule has 2 heterocycles. The number of ketones is 1. The smallest absolute Gasteiger partial charge is 0.295 e. The van der Waals surface area contributed by atoms with Crippen LogP contribution in [0, 0.1) is 6.92 Å². The van der Waals surface area contributed by atoms with E-state index in [1.165, 1.54) is 4.90 Å². The maximum atomic E-state index is 13.0. The van der Waals surface area contributed by atoms with Gasteiger partial charge in [-0.05, 0) is 42.3 Å². The van der Waals surface area contributed by atoms with Gasteiger partial charge in [-0.1, -0.05) is 42.0 Å². The molecule has 1 aliphatic rings. The van der Waals surface area contributed by atoms with Crippen molar-refractivity contribution in [2.45, 2.75) is 19.5 Å². The average molecular weight is 414 g/mol. The highest BCUT2D eigenvalue weighted by Crippen LogP contribution is 2.40. The summed E-state index contributed by atoms with van der Waals surface area (Å²) in [5.74, 6) is -0.826. The average Bonchev–Trinajstić information content (AvgIpc) is 3.05. The number of hydrogen-bond donors (Lipinski definition) is 1. The van der Waals surface area contributed by atoms with Crippen LogP contribution in [0.15, 0.2) is 78.6 Å². The van der Waals surface area contributed by atoms with E-state index in [1.54, 1.807) is 55.9 Å². The molecule has 1 aromatic heterocycles. The molecule has 1 amide bonds. The molecule has 0 radical (unpaired) electrons. The highest BCUT2D eigenvalue weighted by Gasteiger charge is 2.46. The Balaban J connectivity index is 1.80. The highest BCUT2D eigenvalue weighted by molar-refractivity contribution is 6.46. The van der Waals surface area contributed by atoms with Crippen molar-refractivity contribution in [1.82, 2.24) is 9.88 Å². The summed E-state index contributed by atoms with van der Waals surface area (Å²) in [5.41, 5.74) is 3.15. The summed E-state index contributed by atoms with van der Waals surface area (Å²) >= 11 is 0. The molecule has 1 aliphatic heterocycles. The number of hydrogen-bond acceptors (Lipinski definition) is 5. The van der Waals surface area contributed by atoms with Gasteiger partial charge in [0.25, 0.3) is 11.7 Å². The van der Waals surface area contributed by atoms with E-state index < -0.39 is 17.7 Å². The first kappa shape index (κ1) is 20.3. The van der Waals surface area contributed by atoms with Crippen molar-refractivity contribution in [2.24, 2.45) is 0 Å². The minimum absolute atomic E-state index is 0.0774. The van der Waals surface area contributed by atoms with Gasteiger partial charge in [-0.2, -0.15) is 0 Å². The maximum Gasteiger partial charge on any atom is 0.295 e. The van der Waals surface area contributed by atoms with E-state index in [0.717, 1.165) is 11.1 Å². The second-order valence-corrected chi connectivity index (χ2v) is 7.42. The standard InChI is InChI=1S/C25H22N2O4/c1-16-3-7-19(8-4-16)23(28)21-22(18-11-13-26-14-12-18)27(25(30)24(21)29)15-17-5-9-20(31-2)10-6-17/h3-14,22,28H,15H2,1-2H3/b23-21-. The third-order valence-corrected chi connectivity index (χ3v) is 5.40. The van der Waals surface area contributed by atoms with Crippen molar-refractivity contribution in [3.8, 4) is 5.75 Å². The van der Waals surface area contributed by atoms with Crippen LogP contribution in [0.1, 0.15) is 28.3 Å². The molecule has 1 N–H and O–H groups in total. The third-order valence-electron chi connectivity index (χ3n) is 5.40. The fourth-order valence-electron chi connectivity index (χ4n) is 3.73. The number of likely N-dealkylation sites (tertiary alicyclic amines) is 1. The van der Waals surface area contributed by atoms with Gasteiger partial charge in [0.05, 0.1) is 18.7 Å². The molecule has 1 saturated heterocycles. The zero-order valence-corrected chi connectivity index (χ0v) is 17.3. The quantitative estimate of drug-likeness (QED) is 0.388. The van der Waals surface area contributed by atoms with E-state index in [-0.39, 0.29) is 17.9 Å². The number of carbonyl (C=O) groups excluding carboxylic acids is 2. The number of aryl methyl sites for hydroxylation is 1. The number of aromatic nitrogens is 1. The van der Waals surface area contributed by atoms with E-state index in [1.807, 2.05) is 31.2 Å². The van der Waals surface area contributed by atoms with Gasteiger partial charge in [0.2, 0.25) is 0 Å². The molecule has 1 unspecified atom stereocenters. The Morgan fingerprint density at radius 3 is 2.26 bits per heavy atom. The van der Waals surface area contributed by atoms with Gasteiger partial charge in [-0.25, -0.2) is 0 Å². The number of nitrogens with zero attached hydrogens (tertiary/aromatic N) is 2. The third kappa shape index (κ3) is 3.92. The Morgan fingerprint density at radius 2 is 1.65 bits per heavy atom. The molecule has 31 heavy (non-hydrogen) atoms. The summed E-state index contributed by atoms with van der Waals surface area (Å²) in [6.07, 6.45) is 3.21. The minimum Gasteiger partial charge on any atom is -0.507 e. The van der Waals surface area contributed by atoms with Gasteiger partial charge >= 0.3 is 0 Å². The Hall–Kier alpha value is -3.93. The molecule has 0 bridgehead atoms. The number of aliphatic hydroxyl groups excluding tert-OH is 1. The van der Waals surface area contributed by atoms with E-state index >= 15 is 0 Å². The van der Waals surface area contributed by atoms with Gasteiger partial charge in [0.15, 0.2) is 0 Å². The van der Waals surface area contributed by atoms with Crippen molar-refractivity contribution >= 4 is 17.4 Å². The van der Waals surface area contributed by atoms with Crippen LogP contribution in [-0.2, 0) is 16.1 Å². The van der Waals surface area contributed by atoms with Crippen LogP contribution in [0.4, 0.5) is 0 Å². The first-order valence-corrected chi connectivity index (χ1v) is 9.88. The molecule has 1 fully saturated rings. The van der Waals surface area contributed by atoms with Crippen LogP contribution in [0.25, 0.3) is 5.76 Å². The Bertz CT molecular complexity index is 1140. The lowest BCUT2D eigenvalue weighted by molar-refractivity contribution is -0.140. The topological polar surface area (TPSA) is 79.7 Å². The van der Waals surface area contributed by atoms with Crippen LogP contribution < -0.4 is 4.74 Å². The van der Waals surface area contributed by atoms with Crippen molar-refractivity contribution in [3.63, 3.8) is 0 Å². The first-order valence-electron chi connectivity index (χ1n) is 9.88. The molecular formula is C25H22N2O4. The second kappa shape index (κ2) is 8.44. The fraction of sp³-hybridized carbons (Fsp3) is 0.160. The monoisotopic (exact) mass is 414 g/mol. The van der Waals surface area contributed by atoms with Gasteiger partial charge < -0.3 is 14.7 Å². The summed E-state index contributed by atoms with van der Waals surface area (Å²) in [5, 5.41) is 11.0. The fourth-order valence-corrected chi connectivity index (χ4v) is 3.73. The molecule has 156 valence electrons. The molecule has 4 rings (SSSR count). The summed E-state index contributed by atoms with van der Waals surface area (Å²) < 4.78 is 5.19. The van der Waals surface area contributed by atoms with Gasteiger partial charge in [0.1, 0.15) is 11.5 Å².